The fraction of sp³-hybridized carbons (Fsp3) is 0.929. The monoisotopic (exact) mass is 285 g/mol. The molecule has 1 atom stereocenters. The molecule has 0 aromatic carbocycles. The molecule has 1 aliphatic heterocycles. The number of hydrogen-bond acceptors (Lipinski definition) is 5. The Labute approximate surface area is 123 Å². The maximum Gasteiger partial charge on any atom is 0.223 e. The summed E-state index contributed by atoms with van der Waals surface area (Å²) in [5.74, 6) is 0.162. The first kappa shape index (κ1) is 17.4. The van der Waals surface area contributed by atoms with E-state index >= 15 is 0 Å². The summed E-state index contributed by atoms with van der Waals surface area (Å²) in [5, 5.41) is 0. The highest BCUT2D eigenvalue weighted by atomic mass is 16.2. The Morgan fingerprint density at radius 3 is 2.20 bits per heavy atom. The lowest BCUT2D eigenvalue weighted by atomic mass is 10.1. The summed E-state index contributed by atoms with van der Waals surface area (Å²) in [6, 6.07) is 0.181. The lowest BCUT2D eigenvalue weighted by molar-refractivity contribution is -0.130. The SMILES string of the molecule is CN(C)CCN1CCN(C(CN)CC(=O)N(C)C)CC1. The molecule has 0 bridgehead atoms. The smallest absolute Gasteiger partial charge is 0.223 e. The molecule has 2 N–H and O–H groups in total. The van der Waals surface area contributed by atoms with Gasteiger partial charge in [-0.15, -0.1) is 0 Å². The minimum atomic E-state index is 0.162. The van der Waals surface area contributed by atoms with Crippen LogP contribution in [0.5, 0.6) is 0 Å². The average Bonchev–Trinajstić information content (AvgIpc) is 2.42. The van der Waals surface area contributed by atoms with E-state index in [4.69, 9.17) is 5.73 Å². The molecule has 1 unspecified atom stereocenters. The fourth-order valence-electron chi connectivity index (χ4n) is 2.44. The van der Waals surface area contributed by atoms with Crippen molar-refractivity contribution in [1.29, 1.82) is 0 Å². The van der Waals surface area contributed by atoms with Gasteiger partial charge in [0.2, 0.25) is 5.91 Å². The zero-order valence-corrected chi connectivity index (χ0v) is 13.5. The highest BCUT2D eigenvalue weighted by Gasteiger charge is 2.25. The van der Waals surface area contributed by atoms with E-state index in [1.54, 1.807) is 19.0 Å². The predicted molar refractivity (Wildman–Crippen MR) is 82.7 cm³/mol. The molecule has 6 nitrogen and oxygen atoms in total. The van der Waals surface area contributed by atoms with Gasteiger partial charge in [-0.3, -0.25) is 14.6 Å². The number of carbonyl (C=O) groups excluding carboxylic acids is 1. The number of carbonyl (C=O) groups is 1. The Morgan fingerprint density at radius 2 is 1.75 bits per heavy atom. The lowest BCUT2D eigenvalue weighted by Crippen LogP contribution is -2.54. The van der Waals surface area contributed by atoms with Crippen molar-refractivity contribution in [3.8, 4) is 0 Å². The van der Waals surface area contributed by atoms with Crippen molar-refractivity contribution in [2.75, 3.05) is 74.0 Å². The van der Waals surface area contributed by atoms with Gasteiger partial charge in [0.25, 0.3) is 0 Å². The molecule has 0 aromatic rings. The van der Waals surface area contributed by atoms with E-state index in [1.807, 2.05) is 0 Å². The predicted octanol–water partition coefficient (Wildman–Crippen LogP) is -1.03. The van der Waals surface area contributed by atoms with Crippen LogP contribution < -0.4 is 5.73 Å². The Hall–Kier alpha value is -0.690. The maximum atomic E-state index is 11.8. The van der Waals surface area contributed by atoms with Crippen molar-refractivity contribution in [2.24, 2.45) is 5.73 Å². The molecule has 1 heterocycles. The van der Waals surface area contributed by atoms with Crippen molar-refractivity contribution in [2.45, 2.75) is 12.5 Å². The van der Waals surface area contributed by atoms with Crippen molar-refractivity contribution in [1.82, 2.24) is 19.6 Å². The van der Waals surface area contributed by atoms with Crippen LogP contribution in [0, 0.1) is 0 Å². The van der Waals surface area contributed by atoms with E-state index in [-0.39, 0.29) is 11.9 Å². The molecule has 6 heteroatoms. The van der Waals surface area contributed by atoms with E-state index in [0.29, 0.717) is 13.0 Å². The summed E-state index contributed by atoms with van der Waals surface area (Å²) in [6.45, 7) is 6.93. The van der Waals surface area contributed by atoms with Gasteiger partial charge >= 0.3 is 0 Å². The van der Waals surface area contributed by atoms with Gasteiger partial charge in [0.05, 0.1) is 0 Å². The maximum absolute atomic E-state index is 11.8. The fourth-order valence-corrected chi connectivity index (χ4v) is 2.44. The lowest BCUT2D eigenvalue weighted by Gasteiger charge is -2.39. The topological polar surface area (TPSA) is 56.1 Å². The standard InChI is InChI=1S/C14H31N5O/c1-16(2)5-6-18-7-9-19(10-8-18)13(12-15)11-14(20)17(3)4/h13H,5-12,15H2,1-4H3. The second kappa shape index (κ2) is 8.56. The van der Waals surface area contributed by atoms with Crippen LogP contribution in [0.2, 0.25) is 0 Å². The third-order valence-electron chi connectivity index (χ3n) is 3.97. The summed E-state index contributed by atoms with van der Waals surface area (Å²) in [6.07, 6.45) is 0.529. The normalized spacial score (nSPS) is 19.3. The molecule has 0 radical (unpaired) electrons. The molecule has 0 saturated carbocycles. The van der Waals surface area contributed by atoms with Gasteiger partial charge in [0.15, 0.2) is 0 Å². The average molecular weight is 285 g/mol. The Bertz CT molecular complexity index is 287. The van der Waals surface area contributed by atoms with Gasteiger partial charge < -0.3 is 15.5 Å². The Morgan fingerprint density at radius 1 is 1.15 bits per heavy atom. The number of likely N-dealkylation sites (N-methyl/N-ethyl adjacent to an activating group) is 1. The van der Waals surface area contributed by atoms with Crippen molar-refractivity contribution >= 4 is 5.91 Å². The van der Waals surface area contributed by atoms with Crippen LogP contribution in [0.25, 0.3) is 0 Å². The summed E-state index contributed by atoms with van der Waals surface area (Å²) in [5.41, 5.74) is 5.85. The van der Waals surface area contributed by atoms with Gasteiger partial charge in [-0.2, -0.15) is 0 Å². The van der Waals surface area contributed by atoms with Crippen LogP contribution in [0.4, 0.5) is 0 Å². The van der Waals surface area contributed by atoms with Crippen LogP contribution in [0.15, 0.2) is 0 Å². The zero-order valence-electron chi connectivity index (χ0n) is 13.5. The van der Waals surface area contributed by atoms with E-state index in [2.05, 4.69) is 28.8 Å². The van der Waals surface area contributed by atoms with E-state index in [1.165, 1.54) is 0 Å². The molecule has 20 heavy (non-hydrogen) atoms. The van der Waals surface area contributed by atoms with Gasteiger partial charge in [-0.1, -0.05) is 0 Å². The van der Waals surface area contributed by atoms with Gasteiger partial charge in [-0.25, -0.2) is 0 Å². The quantitative estimate of drug-likeness (QED) is 0.648. The van der Waals surface area contributed by atoms with Crippen molar-refractivity contribution in [3.63, 3.8) is 0 Å². The molecule has 1 rings (SSSR count). The molecule has 1 aliphatic rings. The number of rotatable bonds is 7. The number of piperazine rings is 1. The van der Waals surface area contributed by atoms with Gasteiger partial charge in [0, 0.05) is 72.4 Å². The first-order valence-electron chi connectivity index (χ1n) is 7.45. The van der Waals surface area contributed by atoms with E-state index < -0.39 is 0 Å². The Balaban J connectivity index is 2.36. The van der Waals surface area contributed by atoms with E-state index in [0.717, 1.165) is 39.3 Å². The highest BCUT2D eigenvalue weighted by Crippen LogP contribution is 2.09. The molecule has 1 amide bonds. The third kappa shape index (κ3) is 5.75. The highest BCUT2D eigenvalue weighted by molar-refractivity contribution is 5.76. The molecule has 0 spiro atoms. The van der Waals surface area contributed by atoms with Gasteiger partial charge in [-0.05, 0) is 14.1 Å². The number of nitrogens with two attached hydrogens (primary N) is 1. The van der Waals surface area contributed by atoms with Crippen LogP contribution in [0.3, 0.4) is 0 Å². The minimum absolute atomic E-state index is 0.162. The number of amides is 1. The zero-order chi connectivity index (χ0) is 15.1. The summed E-state index contributed by atoms with van der Waals surface area (Å²) in [4.78, 5) is 20.5. The molecule has 1 fully saturated rings. The van der Waals surface area contributed by atoms with Crippen LogP contribution in [-0.4, -0.2) is 106 Å². The first-order chi connectivity index (χ1) is 9.43. The second-order valence-electron chi connectivity index (χ2n) is 6.06. The molecule has 0 aromatic heterocycles. The van der Waals surface area contributed by atoms with Crippen LogP contribution >= 0.6 is 0 Å². The van der Waals surface area contributed by atoms with Crippen molar-refractivity contribution in [3.05, 3.63) is 0 Å². The minimum Gasteiger partial charge on any atom is -0.349 e. The van der Waals surface area contributed by atoms with Crippen LogP contribution in [0.1, 0.15) is 6.42 Å². The Kier molecular flexibility index (Phi) is 7.43. The molecule has 118 valence electrons. The molecular weight excluding hydrogens is 254 g/mol. The van der Waals surface area contributed by atoms with Crippen molar-refractivity contribution < 1.29 is 4.79 Å². The third-order valence-corrected chi connectivity index (χ3v) is 3.97. The van der Waals surface area contributed by atoms with Gasteiger partial charge in [0.1, 0.15) is 0 Å². The van der Waals surface area contributed by atoms with E-state index in [9.17, 15) is 4.79 Å². The summed E-state index contributed by atoms with van der Waals surface area (Å²) < 4.78 is 0. The molecule has 0 aliphatic carbocycles. The summed E-state index contributed by atoms with van der Waals surface area (Å²) in [7, 11) is 7.81. The first-order valence-corrected chi connectivity index (χ1v) is 7.45. The van der Waals surface area contributed by atoms with Crippen LogP contribution in [-0.2, 0) is 4.79 Å². The number of hydrogen-bond donors (Lipinski definition) is 1. The number of nitrogens with zero attached hydrogens (tertiary/aromatic N) is 4. The summed E-state index contributed by atoms with van der Waals surface area (Å²) >= 11 is 0. The molecular formula is C14H31N5O. The molecule has 1 saturated heterocycles. The largest absolute Gasteiger partial charge is 0.349 e. The second-order valence-corrected chi connectivity index (χ2v) is 6.06.